The molecular formula is C8H14N3O2-. The molecule has 2 aliphatic rings. The number of hydroxylamine groups is 1. The number of hydrogen-bond donors (Lipinski definition) is 2. The van der Waals surface area contributed by atoms with Crippen LogP contribution >= 0.6 is 0 Å². The average Bonchev–Trinajstić information content (AvgIpc) is 2.48. The van der Waals surface area contributed by atoms with Crippen LogP contribution in [0, 0.1) is 11.1 Å². The molecule has 5 nitrogen and oxygen atoms in total. The Balaban J connectivity index is 2.00. The van der Waals surface area contributed by atoms with Gasteiger partial charge in [-0.2, -0.15) is 5.53 Å². The summed E-state index contributed by atoms with van der Waals surface area (Å²) in [6.07, 6.45) is 5.51. The first kappa shape index (κ1) is 8.93. The number of hydrazine groups is 2. The van der Waals surface area contributed by atoms with Crippen LogP contribution < -0.4 is 11.0 Å². The molecule has 1 unspecified atom stereocenters. The summed E-state index contributed by atoms with van der Waals surface area (Å²) >= 11 is 0. The second kappa shape index (κ2) is 3.61. The molecule has 0 aromatic rings. The van der Waals surface area contributed by atoms with Gasteiger partial charge in [-0.3, -0.25) is 15.4 Å². The van der Waals surface area contributed by atoms with E-state index in [-0.39, 0.29) is 11.8 Å². The van der Waals surface area contributed by atoms with E-state index < -0.39 is 6.04 Å². The molecule has 1 heterocycles. The lowest BCUT2D eigenvalue weighted by Gasteiger charge is -2.34. The molecule has 2 N–H and O–H groups in total. The van der Waals surface area contributed by atoms with Gasteiger partial charge in [0.25, 0.3) is 5.91 Å². The van der Waals surface area contributed by atoms with E-state index in [2.05, 4.69) is 11.0 Å². The van der Waals surface area contributed by atoms with Gasteiger partial charge in [-0.25, -0.2) is 0 Å². The third kappa shape index (κ3) is 1.67. The molecule has 0 aromatic heterocycles. The number of carbonyl (C=O) groups excluding carboxylic acids is 1. The van der Waals surface area contributed by atoms with Gasteiger partial charge in [0, 0.05) is 0 Å². The number of carbonyl (C=O) groups is 1. The largest absolute Gasteiger partial charge is 0.770 e. The van der Waals surface area contributed by atoms with Crippen molar-refractivity contribution in [3.05, 3.63) is 5.21 Å². The zero-order valence-corrected chi connectivity index (χ0v) is 7.45. The van der Waals surface area contributed by atoms with Crippen LogP contribution in [0.2, 0.25) is 0 Å². The second-order valence-electron chi connectivity index (χ2n) is 3.77. The van der Waals surface area contributed by atoms with Crippen molar-refractivity contribution in [3.63, 3.8) is 0 Å². The van der Waals surface area contributed by atoms with Gasteiger partial charge in [0.15, 0.2) is 0 Å². The molecule has 2 fully saturated rings. The lowest BCUT2D eigenvalue weighted by molar-refractivity contribution is -0.122. The maximum atomic E-state index is 11.3. The van der Waals surface area contributed by atoms with Crippen LogP contribution in [-0.2, 0) is 4.79 Å². The molecule has 1 amide bonds. The molecule has 74 valence electrons. The second-order valence-corrected chi connectivity index (χ2v) is 3.77. The Hall–Kier alpha value is -0.650. The molecule has 2 rings (SSSR count). The van der Waals surface area contributed by atoms with Gasteiger partial charge < -0.3 is 5.21 Å². The van der Waals surface area contributed by atoms with E-state index in [1.807, 2.05) is 0 Å². The zero-order valence-electron chi connectivity index (χ0n) is 7.45. The number of rotatable bonds is 1. The minimum atomic E-state index is -0.500. The van der Waals surface area contributed by atoms with Gasteiger partial charge in [0.05, 0.1) is 6.04 Å². The molecule has 1 saturated carbocycles. The van der Waals surface area contributed by atoms with Crippen LogP contribution in [0.1, 0.15) is 32.1 Å². The van der Waals surface area contributed by atoms with Crippen LogP contribution in [0.3, 0.4) is 0 Å². The number of amides is 1. The molecule has 1 atom stereocenters. The Labute approximate surface area is 77.0 Å². The highest BCUT2D eigenvalue weighted by atomic mass is 16.6. The van der Waals surface area contributed by atoms with Crippen LogP contribution in [-0.4, -0.2) is 17.1 Å². The zero-order chi connectivity index (χ0) is 9.26. The van der Waals surface area contributed by atoms with E-state index in [9.17, 15) is 10.0 Å². The maximum Gasteiger partial charge on any atom is 0.253 e. The first-order chi connectivity index (χ1) is 6.29. The van der Waals surface area contributed by atoms with Crippen LogP contribution in [0.4, 0.5) is 0 Å². The third-order valence-corrected chi connectivity index (χ3v) is 2.91. The summed E-state index contributed by atoms with van der Waals surface area (Å²) in [4.78, 5) is 11.3. The summed E-state index contributed by atoms with van der Waals surface area (Å²) in [5, 5.41) is 11.9. The highest BCUT2D eigenvalue weighted by molar-refractivity contribution is 5.83. The van der Waals surface area contributed by atoms with Crippen molar-refractivity contribution in [2.24, 2.45) is 5.92 Å². The lowest BCUT2D eigenvalue weighted by atomic mass is 9.84. The van der Waals surface area contributed by atoms with E-state index in [1.54, 1.807) is 0 Å². The van der Waals surface area contributed by atoms with E-state index in [0.29, 0.717) is 5.17 Å². The fourth-order valence-corrected chi connectivity index (χ4v) is 2.22. The first-order valence-electron chi connectivity index (χ1n) is 4.81. The highest BCUT2D eigenvalue weighted by Crippen LogP contribution is 2.29. The summed E-state index contributed by atoms with van der Waals surface area (Å²) in [5.74, 6) is 0.0585. The standard InChI is InChI=1S/C8H14N3O2/c12-8-7(11(13)10-9-8)6-4-2-1-3-5-6/h6-7,10H,1-5H2,(H,9,12)/q-1. The SMILES string of the molecule is O=C1NNN([O-])C1C1CCCCC1. The quantitative estimate of drug-likeness (QED) is 0.614. The molecule has 0 spiro atoms. The minimum absolute atomic E-state index is 0.179. The van der Waals surface area contributed by atoms with Gasteiger partial charge >= 0.3 is 0 Å². The van der Waals surface area contributed by atoms with Crippen molar-refractivity contribution in [1.29, 1.82) is 0 Å². The third-order valence-electron chi connectivity index (χ3n) is 2.91. The Morgan fingerprint density at radius 3 is 2.54 bits per heavy atom. The van der Waals surface area contributed by atoms with Gasteiger partial charge in [-0.05, 0) is 18.8 Å². The lowest BCUT2D eigenvalue weighted by Crippen LogP contribution is -2.39. The molecule has 1 aliphatic carbocycles. The van der Waals surface area contributed by atoms with Crippen LogP contribution in [0.5, 0.6) is 0 Å². The van der Waals surface area contributed by atoms with E-state index in [1.165, 1.54) is 6.42 Å². The molecule has 5 heteroatoms. The van der Waals surface area contributed by atoms with E-state index in [4.69, 9.17) is 0 Å². The Morgan fingerprint density at radius 2 is 2.00 bits per heavy atom. The highest BCUT2D eigenvalue weighted by Gasteiger charge is 2.34. The van der Waals surface area contributed by atoms with Crippen molar-refractivity contribution in [2.75, 3.05) is 0 Å². The topological polar surface area (TPSA) is 67.4 Å². The molecule has 0 aromatic carbocycles. The van der Waals surface area contributed by atoms with Gasteiger partial charge in [-0.1, -0.05) is 19.3 Å². The Morgan fingerprint density at radius 1 is 1.31 bits per heavy atom. The Bertz CT molecular complexity index is 204. The predicted molar refractivity (Wildman–Crippen MR) is 46.8 cm³/mol. The molecule has 0 radical (unpaired) electrons. The predicted octanol–water partition coefficient (Wildman–Crippen LogP) is 0.284. The normalized spacial score (nSPS) is 32.1. The van der Waals surface area contributed by atoms with Crippen molar-refractivity contribution < 1.29 is 4.79 Å². The van der Waals surface area contributed by atoms with Crippen LogP contribution in [0.15, 0.2) is 0 Å². The first-order valence-corrected chi connectivity index (χ1v) is 4.81. The molecule has 13 heavy (non-hydrogen) atoms. The Kier molecular flexibility index (Phi) is 2.48. The summed E-state index contributed by atoms with van der Waals surface area (Å²) in [7, 11) is 0. The maximum absolute atomic E-state index is 11.3. The summed E-state index contributed by atoms with van der Waals surface area (Å²) < 4.78 is 0. The van der Waals surface area contributed by atoms with Crippen molar-refractivity contribution in [1.82, 2.24) is 16.1 Å². The van der Waals surface area contributed by atoms with Crippen molar-refractivity contribution >= 4 is 5.91 Å². The van der Waals surface area contributed by atoms with E-state index >= 15 is 0 Å². The molecule has 1 saturated heterocycles. The number of nitrogens with zero attached hydrogens (tertiary/aromatic N) is 1. The smallest absolute Gasteiger partial charge is 0.253 e. The van der Waals surface area contributed by atoms with Crippen molar-refractivity contribution in [2.45, 2.75) is 38.1 Å². The number of hydrogen-bond acceptors (Lipinski definition) is 4. The molecule has 1 aliphatic heterocycles. The molecule has 0 bridgehead atoms. The summed E-state index contributed by atoms with van der Waals surface area (Å²) in [5.41, 5.74) is 4.64. The van der Waals surface area contributed by atoms with E-state index in [0.717, 1.165) is 25.7 Å². The summed E-state index contributed by atoms with van der Waals surface area (Å²) in [6.45, 7) is 0. The van der Waals surface area contributed by atoms with Gasteiger partial charge in [-0.15, -0.1) is 0 Å². The molecular weight excluding hydrogens is 170 g/mol. The fourth-order valence-electron chi connectivity index (χ4n) is 2.22. The fraction of sp³-hybridized carbons (Fsp3) is 0.875. The van der Waals surface area contributed by atoms with Gasteiger partial charge in [0.2, 0.25) is 0 Å². The van der Waals surface area contributed by atoms with Crippen LogP contribution in [0.25, 0.3) is 0 Å². The van der Waals surface area contributed by atoms with Crippen molar-refractivity contribution in [3.8, 4) is 0 Å². The average molecular weight is 184 g/mol. The minimum Gasteiger partial charge on any atom is -0.770 e. The van der Waals surface area contributed by atoms with Gasteiger partial charge in [0.1, 0.15) is 0 Å². The summed E-state index contributed by atoms with van der Waals surface area (Å²) in [6, 6.07) is -0.500. The monoisotopic (exact) mass is 184 g/mol. The number of nitrogens with one attached hydrogen (secondary N) is 2.